The molecule has 0 aromatic heterocycles. The van der Waals surface area contributed by atoms with E-state index in [9.17, 15) is 38.4 Å². The van der Waals surface area contributed by atoms with Crippen LogP contribution in [-0.4, -0.2) is 157 Å². The molecule has 4 saturated carbocycles. The third kappa shape index (κ3) is 25.4. The van der Waals surface area contributed by atoms with Gasteiger partial charge in [-0.1, -0.05) is 125 Å². The lowest BCUT2D eigenvalue weighted by molar-refractivity contribution is -0.124. The lowest BCUT2D eigenvalue weighted by atomic mass is 10.1. The number of rotatable bonds is 19. The van der Waals surface area contributed by atoms with Gasteiger partial charge in [0.25, 0.3) is 23.6 Å². The number of nitrogens with zero attached hydrogens (tertiary/aromatic N) is 4. The number of ether oxygens (including phenoxy) is 6. The maximum Gasteiger partial charge on any atom is 0.255 e. The van der Waals surface area contributed by atoms with E-state index in [0.29, 0.717) is 95.2 Å². The molecule has 1 saturated heterocycles. The molecule has 20 heteroatoms. The summed E-state index contributed by atoms with van der Waals surface area (Å²) in [7, 11) is 0. The van der Waals surface area contributed by atoms with Gasteiger partial charge in [0.05, 0.1) is 43.8 Å². The van der Waals surface area contributed by atoms with Crippen LogP contribution in [0.1, 0.15) is 258 Å². The van der Waals surface area contributed by atoms with Crippen molar-refractivity contribution in [3.8, 4) is 17.2 Å². The summed E-state index contributed by atoms with van der Waals surface area (Å²) in [6.07, 6.45) is 31.1. The van der Waals surface area contributed by atoms with Gasteiger partial charge in [-0.05, 0) is 189 Å². The minimum absolute atomic E-state index is 0.0292. The molecule has 0 N–H and O–H groups in total. The maximum atomic E-state index is 12.8. The highest BCUT2D eigenvalue weighted by Gasteiger charge is 2.42. The average Bonchev–Trinajstić information content (AvgIpc) is 1.65. The summed E-state index contributed by atoms with van der Waals surface area (Å²) in [5, 5.41) is 0. The Bertz CT molecular complexity index is 3810. The van der Waals surface area contributed by atoms with E-state index in [1.807, 2.05) is 153 Å². The molecule has 4 aliphatic carbocycles. The minimum Gasteiger partial charge on any atom is -0.489 e. The van der Waals surface area contributed by atoms with Gasteiger partial charge in [-0.2, -0.15) is 0 Å². The number of carbonyl (C=O) groups is 10. The Morgan fingerprint density at radius 2 is 0.755 bits per heavy atom. The number of carbonyl (C=O) groups excluding carboxylic acids is 10. The molecule has 9 aliphatic rings. The summed E-state index contributed by atoms with van der Waals surface area (Å²) in [5.74, 6) is 2.98. The molecule has 5 heterocycles. The Morgan fingerprint density at radius 1 is 0.427 bits per heavy atom. The van der Waals surface area contributed by atoms with Gasteiger partial charge in [-0.3, -0.25) is 38.4 Å². The average molecular weight is 1510 g/mol. The van der Waals surface area contributed by atoms with Crippen molar-refractivity contribution in [2.45, 2.75) is 246 Å². The predicted molar refractivity (Wildman–Crippen MR) is 428 cm³/mol. The molecule has 5 aliphatic heterocycles. The third-order valence-electron chi connectivity index (χ3n) is 21.2. The fraction of sp³-hybridized carbons (Fsp3) is 0.511. The zero-order valence-corrected chi connectivity index (χ0v) is 66.5. The van der Waals surface area contributed by atoms with E-state index < -0.39 is 0 Å². The van der Waals surface area contributed by atoms with Crippen molar-refractivity contribution in [3.05, 3.63) is 183 Å². The van der Waals surface area contributed by atoms with Crippen molar-refractivity contribution in [1.29, 1.82) is 0 Å². The number of amides is 4. The molecule has 0 spiro atoms. The first-order valence-corrected chi connectivity index (χ1v) is 39.6. The van der Waals surface area contributed by atoms with Crippen LogP contribution in [0.4, 0.5) is 0 Å². The molecule has 20 nitrogen and oxygen atoms in total. The maximum absolute atomic E-state index is 12.8. The van der Waals surface area contributed by atoms with Crippen LogP contribution in [0.3, 0.4) is 0 Å². The SMILES string of the molecule is C/C=C(\C)COc1cccc2c1CN([C@H]1CCCCCC1=O)C2=O.C1CCOCC1.C=C/C(=C\C)COc1cccc2c1CN([C@H]1CCCCCC1=O)C2=O.C=C/C=C(\C)COc1cccc2c1CN([C@H]1CCCCCC1=O)C2=O.C=O.C=O.CCOCOCC.Cc1cccc2c1CN([C@H]1CCCCCC1=O)C2=O. The van der Waals surface area contributed by atoms with E-state index in [1.165, 1.54) is 19.3 Å². The highest BCUT2D eigenvalue weighted by atomic mass is 16.7. The molecule has 4 atom stereocenters. The zero-order chi connectivity index (χ0) is 79.9. The standard InChI is InChI=1S/2C21H25NO3.C20H25NO3.C16H19NO2.C5H12O2.C5H10O.2CH2O/c1-3-8-15(2)14-25-20-12-7-9-16-17(20)13-22(21(16)24)18-10-5-4-6-11-19(18)23;1-3-15(4-2)14-25-20-12-8-9-16-17(20)13-22(21(16)24)18-10-6-5-7-11-19(18)23;1-3-14(2)13-24-19-11-7-8-15-16(19)12-21(20(15)23)17-9-5-4-6-10-18(17)22;1-11-6-5-7-12-13(11)10-17(16(12)19)14-8-3-2-4-9-15(14)18;1-3-6-5-7-4-2;1-2-4-6-5-3-1;2*1-2/h3,7-9,12,18H,1,4-6,10-11,13-14H2,2H3;3-4,8-9,12,18H,1,5-7,10-11,13-14H2,2H3;3,7-8,11,17H,4-6,9-10,12-13H2,1-2H3;5-7,14H,2-4,8-10H2,1H3;3-5H2,1-2H3;1-5H2;2*1H2/b15-8+;15-4+;14-3+;;;;;/t2*18-;17-;14-;;;;/m0000..../s1. The number of Topliss-reactive ketones (excluding diaryl/α,β-unsaturated/α-hetero) is 4. The summed E-state index contributed by atoms with van der Waals surface area (Å²) >= 11 is 0. The fourth-order valence-corrected chi connectivity index (χ4v) is 14.8. The van der Waals surface area contributed by atoms with Crippen LogP contribution in [0, 0.1) is 6.92 Å². The second kappa shape index (κ2) is 48.4. The Hall–Kier alpha value is -9.24. The second-order valence-electron chi connectivity index (χ2n) is 28.6. The number of allylic oxidation sites excluding steroid dienone is 4. The molecule has 0 bridgehead atoms. The Kier molecular flexibility index (Phi) is 39.5. The molecular weight excluding hydrogens is 1390 g/mol. The van der Waals surface area contributed by atoms with Gasteiger partial charge in [0, 0.05) is 97.6 Å². The van der Waals surface area contributed by atoms with E-state index in [-0.39, 0.29) is 70.9 Å². The summed E-state index contributed by atoms with van der Waals surface area (Å²) < 4.78 is 32.5. The monoisotopic (exact) mass is 1510 g/mol. The number of hydrogen-bond donors (Lipinski definition) is 0. The van der Waals surface area contributed by atoms with Crippen LogP contribution in [0.5, 0.6) is 17.2 Å². The van der Waals surface area contributed by atoms with Gasteiger partial charge >= 0.3 is 0 Å². The van der Waals surface area contributed by atoms with Crippen molar-refractivity contribution in [3.63, 3.8) is 0 Å². The normalized spacial score (nSPS) is 20.3. The first-order valence-electron chi connectivity index (χ1n) is 39.6. The van der Waals surface area contributed by atoms with E-state index in [1.54, 1.807) is 31.8 Å². The Labute approximate surface area is 653 Å². The fourth-order valence-electron chi connectivity index (χ4n) is 14.8. The number of ketones is 4. The molecule has 596 valence electrons. The zero-order valence-electron chi connectivity index (χ0n) is 66.5. The van der Waals surface area contributed by atoms with E-state index in [0.717, 1.165) is 197 Å². The Balaban J connectivity index is 0.000000214. The van der Waals surface area contributed by atoms with Gasteiger partial charge in [0.15, 0.2) is 23.1 Å². The van der Waals surface area contributed by atoms with Crippen LogP contribution < -0.4 is 14.2 Å². The summed E-state index contributed by atoms with van der Waals surface area (Å²) in [6, 6.07) is 21.6. The van der Waals surface area contributed by atoms with Crippen molar-refractivity contribution in [2.75, 3.05) is 53.0 Å². The van der Waals surface area contributed by atoms with Gasteiger partial charge < -0.3 is 57.6 Å². The predicted octanol–water partition coefficient (Wildman–Crippen LogP) is 16.7. The molecular formula is C90H120N4O16. The third-order valence-corrected chi connectivity index (χ3v) is 21.2. The number of aryl methyl sites for hydroxylation is 1. The van der Waals surface area contributed by atoms with Crippen LogP contribution in [0.25, 0.3) is 0 Å². The largest absolute Gasteiger partial charge is 0.489 e. The lowest BCUT2D eigenvalue weighted by Crippen LogP contribution is -2.40. The highest BCUT2D eigenvalue weighted by molar-refractivity contribution is 6.04. The van der Waals surface area contributed by atoms with E-state index in [4.69, 9.17) is 38.0 Å². The second-order valence-corrected chi connectivity index (χ2v) is 28.6. The van der Waals surface area contributed by atoms with Gasteiger partial charge in [-0.25, -0.2) is 0 Å². The summed E-state index contributed by atoms with van der Waals surface area (Å²) in [4.78, 5) is 123. The highest BCUT2D eigenvalue weighted by Crippen LogP contribution is 2.39. The quantitative estimate of drug-likeness (QED) is 0.0279. The van der Waals surface area contributed by atoms with Crippen LogP contribution in [0.15, 0.2) is 133 Å². The van der Waals surface area contributed by atoms with Crippen molar-refractivity contribution >= 4 is 60.3 Å². The van der Waals surface area contributed by atoms with Crippen molar-refractivity contribution in [2.24, 2.45) is 0 Å². The molecule has 4 amide bonds. The molecule has 5 fully saturated rings. The summed E-state index contributed by atoms with van der Waals surface area (Å²) in [5.41, 5.74) is 11.0. The molecule has 110 heavy (non-hydrogen) atoms. The number of benzene rings is 4. The molecule has 4 aromatic carbocycles. The molecule has 0 radical (unpaired) electrons. The van der Waals surface area contributed by atoms with Crippen LogP contribution in [-0.2, 0) is 69.2 Å². The molecule has 13 rings (SSSR count). The minimum atomic E-state index is -0.283. The van der Waals surface area contributed by atoms with Crippen LogP contribution >= 0.6 is 0 Å². The van der Waals surface area contributed by atoms with Crippen LogP contribution in [0.2, 0.25) is 0 Å². The molecule has 0 unspecified atom stereocenters. The Morgan fingerprint density at radius 3 is 1.05 bits per heavy atom. The van der Waals surface area contributed by atoms with E-state index >= 15 is 0 Å². The topological polar surface area (TPSA) is 239 Å². The number of hydrogen-bond acceptors (Lipinski definition) is 16. The van der Waals surface area contributed by atoms with Gasteiger partial charge in [0.2, 0.25) is 0 Å². The number of fused-ring (bicyclic) bond motifs is 4. The van der Waals surface area contributed by atoms with Gasteiger partial charge in [-0.15, -0.1) is 0 Å². The first kappa shape index (κ1) is 89.7. The van der Waals surface area contributed by atoms with E-state index in [2.05, 4.69) is 13.2 Å². The van der Waals surface area contributed by atoms with Crippen molar-refractivity contribution < 1.29 is 76.4 Å². The van der Waals surface area contributed by atoms with Gasteiger partial charge in [0.1, 0.15) is 57.4 Å². The first-order chi connectivity index (χ1) is 53.5. The smallest absolute Gasteiger partial charge is 0.255 e. The lowest BCUT2D eigenvalue weighted by Gasteiger charge is -2.25. The van der Waals surface area contributed by atoms with Crippen molar-refractivity contribution in [1.82, 2.24) is 19.6 Å². The summed E-state index contributed by atoms with van der Waals surface area (Å²) in [6.45, 7) is 32.6. The molecule has 4 aromatic rings.